The fourth-order valence-electron chi connectivity index (χ4n) is 1.82. The molecule has 0 atom stereocenters. The van der Waals surface area contributed by atoms with Gasteiger partial charge in [0.1, 0.15) is 19.0 Å². The van der Waals surface area contributed by atoms with Gasteiger partial charge in [0.05, 0.1) is 18.9 Å². The zero-order valence-corrected chi connectivity index (χ0v) is 15.1. The van der Waals surface area contributed by atoms with Crippen molar-refractivity contribution in [2.75, 3.05) is 26.4 Å². The maximum Gasteiger partial charge on any atom is 0.325 e. The van der Waals surface area contributed by atoms with Crippen LogP contribution in [0.1, 0.15) is 20.8 Å². The van der Waals surface area contributed by atoms with Gasteiger partial charge in [-0.15, -0.1) is 0 Å². The second-order valence-corrected chi connectivity index (χ2v) is 4.94. The predicted molar refractivity (Wildman–Crippen MR) is 93.5 cm³/mol. The van der Waals surface area contributed by atoms with E-state index in [1.54, 1.807) is 38.1 Å². The summed E-state index contributed by atoms with van der Waals surface area (Å²) in [5.41, 5.74) is 0.524. The summed E-state index contributed by atoms with van der Waals surface area (Å²) in [7, 11) is 0. The molecule has 0 unspecified atom stereocenters. The van der Waals surface area contributed by atoms with Crippen molar-refractivity contribution in [3.05, 3.63) is 24.3 Å². The van der Waals surface area contributed by atoms with Crippen molar-refractivity contribution >= 4 is 29.8 Å². The third-order valence-electron chi connectivity index (χ3n) is 2.95. The Kier molecular flexibility index (Phi) is 9.45. The second-order valence-electron chi connectivity index (χ2n) is 4.94. The molecule has 0 N–H and O–H groups in total. The number of rotatable bonds is 10. The van der Waals surface area contributed by atoms with Crippen LogP contribution < -0.4 is 4.74 Å². The molecule has 8 nitrogen and oxygen atoms in total. The molecule has 26 heavy (non-hydrogen) atoms. The van der Waals surface area contributed by atoms with E-state index in [1.165, 1.54) is 13.1 Å². The van der Waals surface area contributed by atoms with Gasteiger partial charge in [0.15, 0.2) is 5.92 Å². The second kappa shape index (κ2) is 11.6. The van der Waals surface area contributed by atoms with E-state index < -0.39 is 17.9 Å². The molecule has 0 amide bonds. The van der Waals surface area contributed by atoms with Crippen molar-refractivity contribution < 1.29 is 33.3 Å². The van der Waals surface area contributed by atoms with Crippen LogP contribution in [0.15, 0.2) is 29.3 Å². The Labute approximate surface area is 152 Å². The summed E-state index contributed by atoms with van der Waals surface area (Å²) in [5, 5.41) is 0. The van der Waals surface area contributed by atoms with Gasteiger partial charge in [0, 0.05) is 13.1 Å². The molecule has 1 aromatic carbocycles. The summed E-state index contributed by atoms with van der Waals surface area (Å²) in [6.45, 7) is 5.33. The first-order valence-electron chi connectivity index (χ1n) is 8.21. The number of hydrogen-bond donors (Lipinski definition) is 0. The fourth-order valence-corrected chi connectivity index (χ4v) is 1.82. The highest BCUT2D eigenvalue weighted by Gasteiger charge is 2.27. The quantitative estimate of drug-likeness (QED) is 0.206. The average Bonchev–Trinajstić information content (AvgIpc) is 2.60. The first kappa shape index (κ1) is 21.1. The molecule has 0 heterocycles. The normalized spacial score (nSPS) is 10.6. The minimum absolute atomic E-state index is 0.155. The number of nitrogens with zero attached hydrogens (tertiary/aromatic N) is 1. The SMILES string of the molecule is CCOC(=O)C(C=Nc1ccc(OCCOC(C)=O)cc1)C(=O)OCC. The van der Waals surface area contributed by atoms with E-state index >= 15 is 0 Å². The van der Waals surface area contributed by atoms with Gasteiger partial charge in [-0.25, -0.2) is 0 Å². The van der Waals surface area contributed by atoms with E-state index in [9.17, 15) is 14.4 Å². The largest absolute Gasteiger partial charge is 0.490 e. The lowest BCUT2D eigenvalue weighted by Crippen LogP contribution is -2.29. The van der Waals surface area contributed by atoms with Crippen molar-refractivity contribution in [3.63, 3.8) is 0 Å². The first-order valence-corrected chi connectivity index (χ1v) is 8.21. The monoisotopic (exact) mass is 365 g/mol. The number of hydrogen-bond acceptors (Lipinski definition) is 8. The van der Waals surface area contributed by atoms with Crippen LogP contribution in [0.3, 0.4) is 0 Å². The van der Waals surface area contributed by atoms with E-state index in [2.05, 4.69) is 4.99 Å². The number of esters is 3. The van der Waals surface area contributed by atoms with Gasteiger partial charge in [-0.1, -0.05) is 0 Å². The van der Waals surface area contributed by atoms with Crippen LogP contribution in [-0.4, -0.2) is 50.6 Å². The molecule has 0 spiro atoms. The lowest BCUT2D eigenvalue weighted by molar-refractivity contribution is -0.157. The highest BCUT2D eigenvalue weighted by molar-refractivity contribution is 6.09. The summed E-state index contributed by atoms with van der Waals surface area (Å²) < 4.78 is 19.9. The maximum atomic E-state index is 11.9. The molecule has 0 aliphatic carbocycles. The third-order valence-corrected chi connectivity index (χ3v) is 2.95. The van der Waals surface area contributed by atoms with Crippen LogP contribution in [0.5, 0.6) is 5.75 Å². The lowest BCUT2D eigenvalue weighted by atomic mass is 10.1. The number of carbonyl (C=O) groups excluding carboxylic acids is 3. The predicted octanol–water partition coefficient (Wildman–Crippen LogP) is 2.07. The van der Waals surface area contributed by atoms with Gasteiger partial charge in [-0.05, 0) is 38.1 Å². The Morgan fingerprint density at radius 3 is 2.04 bits per heavy atom. The molecular formula is C18H23NO7. The first-order chi connectivity index (χ1) is 12.5. The standard InChI is InChI=1S/C18H23NO7/c1-4-23-17(21)16(18(22)24-5-2)12-19-14-6-8-15(9-7-14)26-11-10-25-13(3)20/h6-9,12,16H,4-5,10-11H2,1-3H3. The highest BCUT2D eigenvalue weighted by atomic mass is 16.6. The Bertz CT molecular complexity index is 607. The topological polar surface area (TPSA) is 100 Å². The third kappa shape index (κ3) is 7.78. The molecule has 0 fully saturated rings. The molecule has 0 bridgehead atoms. The van der Waals surface area contributed by atoms with E-state index in [1.807, 2.05) is 0 Å². The van der Waals surface area contributed by atoms with Crippen LogP contribution in [0.4, 0.5) is 5.69 Å². The molecule has 1 aromatic rings. The molecule has 0 aliphatic rings. The van der Waals surface area contributed by atoms with Crippen molar-refractivity contribution in [2.24, 2.45) is 10.9 Å². The average molecular weight is 365 g/mol. The van der Waals surface area contributed by atoms with Gasteiger partial charge < -0.3 is 18.9 Å². The van der Waals surface area contributed by atoms with Crippen LogP contribution in [0, 0.1) is 5.92 Å². The van der Waals surface area contributed by atoms with Crippen LogP contribution >= 0.6 is 0 Å². The van der Waals surface area contributed by atoms with E-state index in [-0.39, 0.29) is 32.4 Å². The smallest absolute Gasteiger partial charge is 0.325 e. The molecule has 0 aromatic heterocycles. The van der Waals surface area contributed by atoms with Crippen molar-refractivity contribution in [3.8, 4) is 5.75 Å². The number of benzene rings is 1. The summed E-state index contributed by atoms with van der Waals surface area (Å²) in [4.78, 5) is 38.5. The summed E-state index contributed by atoms with van der Waals surface area (Å²) >= 11 is 0. The minimum atomic E-state index is -1.21. The molecule has 0 saturated carbocycles. The molecule has 0 saturated heterocycles. The molecule has 0 radical (unpaired) electrons. The molecular weight excluding hydrogens is 342 g/mol. The van der Waals surface area contributed by atoms with E-state index in [0.29, 0.717) is 11.4 Å². The molecule has 8 heteroatoms. The van der Waals surface area contributed by atoms with Gasteiger partial charge in [0.2, 0.25) is 0 Å². The van der Waals surface area contributed by atoms with E-state index in [4.69, 9.17) is 18.9 Å². The van der Waals surface area contributed by atoms with Gasteiger partial charge in [-0.3, -0.25) is 19.4 Å². The Morgan fingerprint density at radius 2 is 1.54 bits per heavy atom. The summed E-state index contributed by atoms with van der Waals surface area (Å²) in [6, 6.07) is 6.66. The summed E-state index contributed by atoms with van der Waals surface area (Å²) in [5.74, 6) is -2.42. The van der Waals surface area contributed by atoms with Crippen molar-refractivity contribution in [1.29, 1.82) is 0 Å². The van der Waals surface area contributed by atoms with Gasteiger partial charge in [0.25, 0.3) is 0 Å². The van der Waals surface area contributed by atoms with E-state index in [0.717, 1.165) is 0 Å². The zero-order chi connectivity index (χ0) is 19.4. The molecule has 1 rings (SSSR count). The minimum Gasteiger partial charge on any atom is -0.490 e. The number of ether oxygens (including phenoxy) is 4. The zero-order valence-electron chi connectivity index (χ0n) is 15.1. The number of aliphatic imine (C=N–C) groups is 1. The lowest BCUT2D eigenvalue weighted by Gasteiger charge is -2.10. The Balaban J connectivity index is 2.67. The fraction of sp³-hybridized carbons (Fsp3) is 0.444. The number of carbonyl (C=O) groups is 3. The van der Waals surface area contributed by atoms with Crippen molar-refractivity contribution in [2.45, 2.75) is 20.8 Å². The van der Waals surface area contributed by atoms with Crippen molar-refractivity contribution in [1.82, 2.24) is 0 Å². The van der Waals surface area contributed by atoms with Gasteiger partial charge in [-0.2, -0.15) is 0 Å². The van der Waals surface area contributed by atoms with Gasteiger partial charge >= 0.3 is 17.9 Å². The molecule has 0 aliphatic heterocycles. The van der Waals surface area contributed by atoms with Crippen LogP contribution in [-0.2, 0) is 28.6 Å². The Morgan fingerprint density at radius 1 is 0.962 bits per heavy atom. The highest BCUT2D eigenvalue weighted by Crippen LogP contribution is 2.18. The molecule has 142 valence electrons. The summed E-state index contributed by atoms with van der Waals surface area (Å²) in [6.07, 6.45) is 1.20. The van der Waals surface area contributed by atoms with Crippen LogP contribution in [0.2, 0.25) is 0 Å². The Hall–Kier alpha value is -2.90. The maximum absolute atomic E-state index is 11.9. The van der Waals surface area contributed by atoms with Crippen LogP contribution in [0.25, 0.3) is 0 Å².